The molecule has 122 valence electrons. The van der Waals surface area contributed by atoms with Crippen molar-refractivity contribution < 1.29 is 0 Å². The smallest absolute Gasteiger partial charge is 0.189 e. The Labute approximate surface area is 127 Å². The van der Waals surface area contributed by atoms with E-state index in [0.717, 1.165) is 52.1 Å². The Kier molecular flexibility index (Phi) is 14.1. The normalized spacial score (nSPS) is 13.0. The molecule has 0 spiro atoms. The van der Waals surface area contributed by atoms with Gasteiger partial charge in [0, 0.05) is 0 Å². The van der Waals surface area contributed by atoms with E-state index in [0.29, 0.717) is 0 Å². The molecule has 0 bridgehead atoms. The van der Waals surface area contributed by atoms with Gasteiger partial charge in [0.25, 0.3) is 0 Å². The highest BCUT2D eigenvalue weighted by molar-refractivity contribution is 6.44. The van der Waals surface area contributed by atoms with E-state index in [1.807, 2.05) is 0 Å². The van der Waals surface area contributed by atoms with E-state index in [1.165, 1.54) is 19.2 Å². The Morgan fingerprint density at radius 2 is 1.38 bits per heavy atom. The number of nitrogens with two attached hydrogens (primary N) is 2. The number of aliphatic imine (C=N–C) groups is 1. The predicted octanol–water partition coefficient (Wildman–Crippen LogP) is -0.784. The first kappa shape index (κ1) is 19.7. The first-order chi connectivity index (χ1) is 10.2. The summed E-state index contributed by atoms with van der Waals surface area (Å²) in [5.41, 5.74) is 10.8. The SMILES string of the molecule is N=C1N=CNC1=N.NCCCNCCCCNCCCN. The van der Waals surface area contributed by atoms with Crippen molar-refractivity contribution >= 4 is 18.0 Å². The minimum Gasteiger partial charge on any atom is -0.330 e. The van der Waals surface area contributed by atoms with E-state index in [2.05, 4.69) is 20.9 Å². The lowest BCUT2D eigenvalue weighted by atomic mass is 10.3. The molecule has 0 amide bonds. The fraction of sp³-hybridized carbons (Fsp3) is 0.769. The molecule has 0 aliphatic carbocycles. The fourth-order valence-electron chi connectivity index (χ4n) is 1.50. The van der Waals surface area contributed by atoms with Gasteiger partial charge in [0.2, 0.25) is 0 Å². The molecule has 1 aliphatic rings. The number of nitrogens with zero attached hydrogens (tertiary/aromatic N) is 1. The van der Waals surface area contributed by atoms with E-state index in [9.17, 15) is 0 Å². The number of nitrogens with one attached hydrogen (secondary N) is 5. The van der Waals surface area contributed by atoms with Crippen molar-refractivity contribution in [2.75, 3.05) is 39.3 Å². The summed E-state index contributed by atoms with van der Waals surface area (Å²) in [4.78, 5) is 3.44. The summed E-state index contributed by atoms with van der Waals surface area (Å²) in [6, 6.07) is 0. The summed E-state index contributed by atoms with van der Waals surface area (Å²) in [7, 11) is 0. The number of rotatable bonds is 11. The highest BCUT2D eigenvalue weighted by Crippen LogP contribution is 1.85. The van der Waals surface area contributed by atoms with Gasteiger partial charge in [-0.3, -0.25) is 10.8 Å². The number of unbranched alkanes of at least 4 members (excludes halogenated alkanes) is 1. The lowest BCUT2D eigenvalue weighted by Gasteiger charge is -2.04. The number of amidine groups is 2. The first-order valence-corrected chi connectivity index (χ1v) is 7.50. The lowest BCUT2D eigenvalue weighted by Crippen LogP contribution is -2.22. The minimum atomic E-state index is 0.000000000000000222. The van der Waals surface area contributed by atoms with Crippen molar-refractivity contribution in [2.45, 2.75) is 25.7 Å². The van der Waals surface area contributed by atoms with Crippen molar-refractivity contribution in [3.05, 3.63) is 0 Å². The van der Waals surface area contributed by atoms with Crippen LogP contribution in [0.1, 0.15) is 25.7 Å². The topological polar surface area (TPSA) is 148 Å². The van der Waals surface area contributed by atoms with Gasteiger partial charge in [-0.2, -0.15) is 0 Å². The van der Waals surface area contributed by atoms with Gasteiger partial charge in [-0.1, -0.05) is 0 Å². The third-order valence-corrected chi connectivity index (χ3v) is 2.71. The molecule has 21 heavy (non-hydrogen) atoms. The number of hydrogen-bond acceptors (Lipinski definition) is 6. The van der Waals surface area contributed by atoms with Gasteiger partial charge in [0.05, 0.1) is 6.34 Å². The van der Waals surface area contributed by atoms with Crippen LogP contribution in [0.5, 0.6) is 0 Å². The van der Waals surface area contributed by atoms with Crippen molar-refractivity contribution in [3.8, 4) is 0 Å². The summed E-state index contributed by atoms with van der Waals surface area (Å²) >= 11 is 0. The van der Waals surface area contributed by atoms with Gasteiger partial charge in [0.1, 0.15) is 0 Å². The largest absolute Gasteiger partial charge is 0.330 e. The molecule has 0 saturated heterocycles. The summed E-state index contributed by atoms with van der Waals surface area (Å²) in [6.45, 7) is 5.90. The standard InChI is InChI=1S/C10H26N4.C3H4N4/c11-5-3-9-13-7-1-2-8-14-10-4-6-12;4-2-3(5)7-1-6-2/h13-14H,1-12H2;1H,(H3,4,5,6,7). The van der Waals surface area contributed by atoms with E-state index >= 15 is 0 Å². The van der Waals surface area contributed by atoms with Gasteiger partial charge in [0.15, 0.2) is 11.7 Å². The van der Waals surface area contributed by atoms with Gasteiger partial charge < -0.3 is 27.4 Å². The Hall–Kier alpha value is -1.35. The minimum absolute atomic E-state index is 0.000000000000000222. The molecule has 0 aromatic heterocycles. The third-order valence-electron chi connectivity index (χ3n) is 2.71. The highest BCUT2D eigenvalue weighted by atomic mass is 15.1. The van der Waals surface area contributed by atoms with Gasteiger partial charge in [-0.15, -0.1) is 0 Å². The molecule has 1 aliphatic heterocycles. The molecular formula is C13H30N8. The summed E-state index contributed by atoms with van der Waals surface area (Å²) in [5.74, 6) is 0.0694. The molecule has 0 radical (unpaired) electrons. The molecule has 0 aromatic carbocycles. The van der Waals surface area contributed by atoms with Crippen LogP contribution < -0.4 is 27.4 Å². The van der Waals surface area contributed by atoms with Crippen LogP contribution in [0.25, 0.3) is 0 Å². The fourth-order valence-corrected chi connectivity index (χ4v) is 1.50. The second kappa shape index (κ2) is 15.0. The summed E-state index contributed by atoms with van der Waals surface area (Å²) in [5, 5.41) is 22.7. The average molecular weight is 298 g/mol. The average Bonchev–Trinajstić information content (AvgIpc) is 2.86. The van der Waals surface area contributed by atoms with Crippen LogP contribution in [0.4, 0.5) is 0 Å². The molecule has 0 fully saturated rings. The van der Waals surface area contributed by atoms with Crippen LogP contribution in [0, 0.1) is 10.8 Å². The molecular weight excluding hydrogens is 268 g/mol. The highest BCUT2D eigenvalue weighted by Gasteiger charge is 2.04. The second-order valence-corrected chi connectivity index (χ2v) is 4.62. The van der Waals surface area contributed by atoms with E-state index < -0.39 is 0 Å². The maximum atomic E-state index is 6.79. The molecule has 9 N–H and O–H groups in total. The Balaban J connectivity index is 0.000000471. The monoisotopic (exact) mass is 298 g/mol. The van der Waals surface area contributed by atoms with Gasteiger partial charge in [-0.05, 0) is 65.0 Å². The van der Waals surface area contributed by atoms with Gasteiger partial charge >= 0.3 is 0 Å². The zero-order valence-corrected chi connectivity index (χ0v) is 12.8. The van der Waals surface area contributed by atoms with Crippen molar-refractivity contribution in [1.29, 1.82) is 10.8 Å². The molecule has 8 heteroatoms. The number of hydrogen-bond donors (Lipinski definition) is 7. The van der Waals surface area contributed by atoms with E-state index in [1.54, 1.807) is 0 Å². The van der Waals surface area contributed by atoms with Crippen molar-refractivity contribution in [2.24, 2.45) is 16.5 Å². The Morgan fingerprint density at radius 1 is 0.905 bits per heavy atom. The zero-order chi connectivity index (χ0) is 15.8. The maximum Gasteiger partial charge on any atom is 0.189 e. The predicted molar refractivity (Wildman–Crippen MR) is 89.4 cm³/mol. The van der Waals surface area contributed by atoms with Gasteiger partial charge in [-0.25, -0.2) is 4.99 Å². The first-order valence-electron chi connectivity index (χ1n) is 7.50. The molecule has 0 aromatic rings. The zero-order valence-electron chi connectivity index (χ0n) is 12.8. The molecule has 1 heterocycles. The molecule has 0 atom stereocenters. The summed E-state index contributed by atoms with van der Waals surface area (Å²) < 4.78 is 0. The molecule has 1 rings (SSSR count). The van der Waals surface area contributed by atoms with E-state index in [-0.39, 0.29) is 11.7 Å². The quantitative estimate of drug-likeness (QED) is 0.250. The van der Waals surface area contributed by atoms with Crippen LogP contribution in [-0.2, 0) is 0 Å². The Bertz CT molecular complexity index is 291. The van der Waals surface area contributed by atoms with Crippen molar-refractivity contribution in [1.82, 2.24) is 16.0 Å². The third kappa shape index (κ3) is 13.4. The van der Waals surface area contributed by atoms with E-state index in [4.69, 9.17) is 22.3 Å². The lowest BCUT2D eigenvalue weighted by molar-refractivity contribution is 0.570. The maximum absolute atomic E-state index is 6.79. The molecule has 0 unspecified atom stereocenters. The van der Waals surface area contributed by atoms with Crippen LogP contribution >= 0.6 is 0 Å². The van der Waals surface area contributed by atoms with Crippen molar-refractivity contribution in [3.63, 3.8) is 0 Å². The molecule has 8 nitrogen and oxygen atoms in total. The Morgan fingerprint density at radius 3 is 1.67 bits per heavy atom. The van der Waals surface area contributed by atoms with Crippen LogP contribution in [-0.4, -0.2) is 57.3 Å². The summed E-state index contributed by atoms with van der Waals surface area (Å²) in [6.07, 6.45) is 5.95. The molecule has 0 saturated carbocycles. The van der Waals surface area contributed by atoms with Crippen LogP contribution in [0.3, 0.4) is 0 Å². The second-order valence-electron chi connectivity index (χ2n) is 4.62. The van der Waals surface area contributed by atoms with Crippen LogP contribution in [0.15, 0.2) is 4.99 Å². The van der Waals surface area contributed by atoms with Crippen LogP contribution in [0.2, 0.25) is 0 Å².